The third-order valence-corrected chi connectivity index (χ3v) is 4.13. The molecule has 4 heteroatoms. The number of benzene rings is 1. The largest absolute Gasteiger partial charge is 0.372 e. The maximum Gasteiger partial charge on any atom is 0.251 e. The highest BCUT2D eigenvalue weighted by Crippen LogP contribution is 2.24. The molecule has 2 heterocycles. The van der Waals surface area contributed by atoms with Crippen LogP contribution in [0, 0.1) is 0 Å². The molecule has 1 fully saturated rings. The van der Waals surface area contributed by atoms with Crippen LogP contribution in [-0.2, 0) is 0 Å². The fourth-order valence-electron chi connectivity index (χ4n) is 2.83. The minimum Gasteiger partial charge on any atom is -0.372 e. The maximum atomic E-state index is 12.2. The number of amides is 1. The first-order chi connectivity index (χ1) is 10.7. The molecule has 4 nitrogen and oxygen atoms in total. The molecule has 114 valence electrons. The zero-order valence-electron chi connectivity index (χ0n) is 12.8. The van der Waals surface area contributed by atoms with Gasteiger partial charge in [-0.05, 0) is 49.6 Å². The summed E-state index contributed by atoms with van der Waals surface area (Å²) in [5.41, 5.74) is 3.02. The lowest BCUT2D eigenvalue weighted by Crippen LogP contribution is -2.27. The van der Waals surface area contributed by atoms with Gasteiger partial charge in [0.05, 0.1) is 6.04 Å². The number of hydrogen-bond donors (Lipinski definition) is 1. The first kappa shape index (κ1) is 14.6. The first-order valence-electron chi connectivity index (χ1n) is 7.80. The second kappa shape index (κ2) is 6.60. The minimum absolute atomic E-state index is 0.0248. The average molecular weight is 295 g/mol. The monoisotopic (exact) mass is 295 g/mol. The van der Waals surface area contributed by atoms with Crippen molar-refractivity contribution in [1.82, 2.24) is 10.3 Å². The Kier molecular flexibility index (Phi) is 4.37. The summed E-state index contributed by atoms with van der Waals surface area (Å²) in [5, 5.41) is 3.05. The van der Waals surface area contributed by atoms with E-state index in [1.165, 1.54) is 18.5 Å². The SMILES string of the molecule is CC(NC(=O)c1ccncc1)c1cccc(N2CCCC2)c1. The molecule has 0 saturated carbocycles. The molecule has 0 bridgehead atoms. The van der Waals surface area contributed by atoms with Crippen LogP contribution in [-0.4, -0.2) is 24.0 Å². The quantitative estimate of drug-likeness (QED) is 0.942. The second-order valence-electron chi connectivity index (χ2n) is 5.72. The van der Waals surface area contributed by atoms with Gasteiger partial charge in [0.1, 0.15) is 0 Å². The van der Waals surface area contributed by atoms with Crippen LogP contribution in [0.1, 0.15) is 41.7 Å². The molecule has 3 rings (SSSR count). The van der Waals surface area contributed by atoms with Gasteiger partial charge in [0, 0.05) is 36.7 Å². The van der Waals surface area contributed by atoms with Gasteiger partial charge in [-0.2, -0.15) is 0 Å². The highest BCUT2D eigenvalue weighted by atomic mass is 16.1. The van der Waals surface area contributed by atoms with E-state index in [2.05, 4.69) is 39.5 Å². The van der Waals surface area contributed by atoms with E-state index in [0.29, 0.717) is 5.56 Å². The van der Waals surface area contributed by atoms with E-state index in [1.807, 2.05) is 6.92 Å². The Balaban J connectivity index is 1.70. The van der Waals surface area contributed by atoms with E-state index >= 15 is 0 Å². The molecule has 1 aromatic carbocycles. The summed E-state index contributed by atoms with van der Waals surface area (Å²) in [6.07, 6.45) is 5.79. The lowest BCUT2D eigenvalue weighted by molar-refractivity contribution is 0.0940. The zero-order chi connectivity index (χ0) is 15.4. The molecular weight excluding hydrogens is 274 g/mol. The van der Waals surface area contributed by atoms with Gasteiger partial charge < -0.3 is 10.2 Å². The number of nitrogens with zero attached hydrogens (tertiary/aromatic N) is 2. The number of hydrogen-bond acceptors (Lipinski definition) is 3. The molecule has 1 atom stereocenters. The first-order valence-corrected chi connectivity index (χ1v) is 7.80. The van der Waals surface area contributed by atoms with Crippen LogP contribution in [0.2, 0.25) is 0 Å². The van der Waals surface area contributed by atoms with Crippen molar-refractivity contribution in [3.05, 3.63) is 59.9 Å². The maximum absolute atomic E-state index is 12.2. The topological polar surface area (TPSA) is 45.2 Å². The van der Waals surface area contributed by atoms with Gasteiger partial charge in [0.15, 0.2) is 0 Å². The summed E-state index contributed by atoms with van der Waals surface area (Å²) in [6.45, 7) is 4.27. The molecule has 1 aliphatic heterocycles. The van der Waals surface area contributed by atoms with Gasteiger partial charge in [0.25, 0.3) is 5.91 Å². The lowest BCUT2D eigenvalue weighted by Gasteiger charge is -2.20. The van der Waals surface area contributed by atoms with E-state index in [9.17, 15) is 4.79 Å². The fraction of sp³-hybridized carbons (Fsp3) is 0.333. The predicted molar refractivity (Wildman–Crippen MR) is 88.0 cm³/mol. The third kappa shape index (κ3) is 3.27. The Morgan fingerprint density at radius 2 is 1.91 bits per heavy atom. The molecule has 1 amide bonds. The van der Waals surface area contributed by atoms with Gasteiger partial charge in [-0.1, -0.05) is 12.1 Å². The number of rotatable bonds is 4. The Hall–Kier alpha value is -2.36. The standard InChI is InChI=1S/C18H21N3O/c1-14(20-18(22)15-7-9-19-10-8-15)16-5-4-6-17(13-16)21-11-2-3-12-21/h4-10,13-14H,2-3,11-12H2,1H3,(H,20,22). The second-order valence-corrected chi connectivity index (χ2v) is 5.72. The van der Waals surface area contributed by atoms with Crippen molar-refractivity contribution in [2.75, 3.05) is 18.0 Å². The predicted octanol–water partition coefficient (Wildman–Crippen LogP) is 3.17. The molecule has 2 aromatic rings. The Morgan fingerprint density at radius 3 is 2.64 bits per heavy atom. The molecule has 1 aliphatic rings. The number of pyridine rings is 1. The highest BCUT2D eigenvalue weighted by molar-refractivity contribution is 5.94. The Morgan fingerprint density at radius 1 is 1.18 bits per heavy atom. The summed E-state index contributed by atoms with van der Waals surface area (Å²) in [4.78, 5) is 18.6. The van der Waals surface area contributed by atoms with Crippen molar-refractivity contribution in [2.24, 2.45) is 0 Å². The molecule has 1 saturated heterocycles. The molecule has 0 spiro atoms. The van der Waals surface area contributed by atoms with Crippen molar-refractivity contribution in [2.45, 2.75) is 25.8 Å². The van der Waals surface area contributed by atoms with Crippen molar-refractivity contribution in [3.8, 4) is 0 Å². The number of anilines is 1. The van der Waals surface area contributed by atoms with Crippen LogP contribution in [0.3, 0.4) is 0 Å². The van der Waals surface area contributed by atoms with E-state index < -0.39 is 0 Å². The fourth-order valence-corrected chi connectivity index (χ4v) is 2.83. The molecule has 1 N–H and O–H groups in total. The Labute approximate surface area is 131 Å². The molecular formula is C18H21N3O. The highest BCUT2D eigenvalue weighted by Gasteiger charge is 2.15. The number of carbonyl (C=O) groups is 1. The van der Waals surface area contributed by atoms with Gasteiger partial charge >= 0.3 is 0 Å². The Bertz CT molecular complexity index is 636. The van der Waals surface area contributed by atoms with Crippen LogP contribution in [0.5, 0.6) is 0 Å². The van der Waals surface area contributed by atoms with Crippen LogP contribution in [0.4, 0.5) is 5.69 Å². The van der Waals surface area contributed by atoms with Crippen LogP contribution in [0.15, 0.2) is 48.8 Å². The average Bonchev–Trinajstić information content (AvgIpc) is 3.10. The number of carbonyl (C=O) groups excluding carboxylic acids is 1. The number of aromatic nitrogens is 1. The van der Waals surface area contributed by atoms with Gasteiger partial charge in [0.2, 0.25) is 0 Å². The van der Waals surface area contributed by atoms with Crippen LogP contribution in [0.25, 0.3) is 0 Å². The molecule has 0 aliphatic carbocycles. The molecule has 1 unspecified atom stereocenters. The van der Waals surface area contributed by atoms with Crippen molar-refractivity contribution in [1.29, 1.82) is 0 Å². The summed E-state index contributed by atoms with van der Waals surface area (Å²) >= 11 is 0. The van der Waals surface area contributed by atoms with E-state index in [0.717, 1.165) is 18.7 Å². The third-order valence-electron chi connectivity index (χ3n) is 4.13. The smallest absolute Gasteiger partial charge is 0.251 e. The molecule has 0 radical (unpaired) electrons. The summed E-state index contributed by atoms with van der Waals surface area (Å²) < 4.78 is 0. The van der Waals surface area contributed by atoms with E-state index in [1.54, 1.807) is 24.5 Å². The van der Waals surface area contributed by atoms with E-state index in [4.69, 9.17) is 0 Å². The summed E-state index contributed by atoms with van der Waals surface area (Å²) in [7, 11) is 0. The normalized spacial score (nSPS) is 15.6. The van der Waals surface area contributed by atoms with E-state index in [-0.39, 0.29) is 11.9 Å². The van der Waals surface area contributed by atoms with Gasteiger partial charge in [-0.15, -0.1) is 0 Å². The number of nitrogens with one attached hydrogen (secondary N) is 1. The lowest BCUT2D eigenvalue weighted by atomic mass is 10.1. The minimum atomic E-state index is -0.0681. The van der Waals surface area contributed by atoms with Crippen molar-refractivity contribution >= 4 is 11.6 Å². The van der Waals surface area contributed by atoms with Crippen molar-refractivity contribution < 1.29 is 4.79 Å². The summed E-state index contributed by atoms with van der Waals surface area (Å²) in [5.74, 6) is -0.0681. The van der Waals surface area contributed by atoms with Gasteiger partial charge in [-0.3, -0.25) is 9.78 Å². The van der Waals surface area contributed by atoms with Crippen LogP contribution >= 0.6 is 0 Å². The summed E-state index contributed by atoms with van der Waals surface area (Å²) in [6, 6.07) is 11.9. The van der Waals surface area contributed by atoms with Gasteiger partial charge in [-0.25, -0.2) is 0 Å². The molecule has 1 aromatic heterocycles. The van der Waals surface area contributed by atoms with Crippen molar-refractivity contribution in [3.63, 3.8) is 0 Å². The zero-order valence-corrected chi connectivity index (χ0v) is 12.8. The van der Waals surface area contributed by atoms with Crippen LogP contribution < -0.4 is 10.2 Å². The molecule has 22 heavy (non-hydrogen) atoms.